The highest BCUT2D eigenvalue weighted by atomic mass is 35.5. The molecule has 0 N–H and O–H groups in total. The van der Waals surface area contributed by atoms with Gasteiger partial charge in [0.25, 0.3) is 0 Å². The molecule has 1 aromatic carbocycles. The van der Waals surface area contributed by atoms with Gasteiger partial charge >= 0.3 is 0 Å². The maximum absolute atomic E-state index is 12.6. The fourth-order valence-corrected chi connectivity index (χ4v) is 3.90. The molecule has 0 unspecified atom stereocenters. The van der Waals surface area contributed by atoms with E-state index in [2.05, 4.69) is 0 Å². The summed E-state index contributed by atoms with van der Waals surface area (Å²) in [6.45, 7) is 0.851. The van der Waals surface area contributed by atoms with Gasteiger partial charge in [-0.05, 0) is 30.5 Å². The molecule has 21 heavy (non-hydrogen) atoms. The number of alkyl halides is 1. The van der Waals surface area contributed by atoms with Gasteiger partial charge in [-0.2, -0.15) is 4.31 Å². The maximum Gasteiger partial charge on any atom is 0.243 e. The second kappa shape index (κ2) is 6.77. The normalized spacial score (nSPS) is 17.8. The van der Waals surface area contributed by atoms with Crippen molar-refractivity contribution in [3.05, 3.63) is 29.8 Å². The van der Waals surface area contributed by atoms with Crippen molar-refractivity contribution in [3.8, 4) is 0 Å². The van der Waals surface area contributed by atoms with Gasteiger partial charge in [-0.25, -0.2) is 8.42 Å². The summed E-state index contributed by atoms with van der Waals surface area (Å²) < 4.78 is 26.4. The van der Waals surface area contributed by atoms with E-state index in [4.69, 9.17) is 11.6 Å². The van der Waals surface area contributed by atoms with Crippen LogP contribution in [-0.4, -0.2) is 56.1 Å². The van der Waals surface area contributed by atoms with Gasteiger partial charge in [0.2, 0.25) is 15.9 Å². The van der Waals surface area contributed by atoms with Crippen molar-refractivity contribution in [2.75, 3.05) is 32.6 Å². The summed E-state index contributed by atoms with van der Waals surface area (Å²) in [4.78, 5) is 13.6. The Hall–Kier alpha value is -1.11. The molecule has 1 fully saturated rings. The molecule has 0 spiro atoms. The minimum Gasteiger partial charge on any atom is -0.345 e. The standard InChI is InChI=1S/C14H19ClN2O3S/c1-16-9-2-10-17(11-14(16)18)21(19,20)13-5-3-12(4-6-13)7-8-15/h3-6H,2,7-11H2,1H3. The van der Waals surface area contributed by atoms with Crippen molar-refractivity contribution in [2.24, 2.45) is 0 Å². The average Bonchev–Trinajstić information content (AvgIpc) is 2.63. The molecule has 1 amide bonds. The molecular weight excluding hydrogens is 312 g/mol. The van der Waals surface area contributed by atoms with E-state index in [1.165, 1.54) is 4.31 Å². The monoisotopic (exact) mass is 330 g/mol. The largest absolute Gasteiger partial charge is 0.345 e. The smallest absolute Gasteiger partial charge is 0.243 e. The SMILES string of the molecule is CN1CCCN(S(=O)(=O)c2ccc(CCCl)cc2)CC1=O. The molecule has 116 valence electrons. The number of hydrogen-bond donors (Lipinski definition) is 0. The Morgan fingerprint density at radius 3 is 2.48 bits per heavy atom. The third kappa shape index (κ3) is 3.75. The molecular formula is C14H19ClN2O3S. The van der Waals surface area contributed by atoms with Crippen molar-refractivity contribution in [2.45, 2.75) is 17.7 Å². The summed E-state index contributed by atoms with van der Waals surface area (Å²) in [5, 5.41) is 0. The van der Waals surface area contributed by atoms with E-state index in [0.29, 0.717) is 31.8 Å². The van der Waals surface area contributed by atoms with Crippen molar-refractivity contribution in [3.63, 3.8) is 0 Å². The molecule has 5 nitrogen and oxygen atoms in total. The second-order valence-corrected chi connectivity index (χ2v) is 7.41. The van der Waals surface area contributed by atoms with Crippen LogP contribution in [0.15, 0.2) is 29.2 Å². The first-order valence-electron chi connectivity index (χ1n) is 6.84. The minimum atomic E-state index is -3.62. The summed E-state index contributed by atoms with van der Waals surface area (Å²) in [6.07, 6.45) is 1.35. The molecule has 1 heterocycles. The highest BCUT2D eigenvalue weighted by Crippen LogP contribution is 2.18. The molecule has 1 aromatic rings. The predicted molar refractivity (Wildman–Crippen MR) is 81.9 cm³/mol. The number of halogens is 1. The van der Waals surface area contributed by atoms with Crippen molar-refractivity contribution < 1.29 is 13.2 Å². The molecule has 0 atom stereocenters. The molecule has 1 saturated heterocycles. The molecule has 0 saturated carbocycles. The van der Waals surface area contributed by atoms with E-state index in [0.717, 1.165) is 5.56 Å². The fraction of sp³-hybridized carbons (Fsp3) is 0.500. The van der Waals surface area contributed by atoms with Crippen LogP contribution in [0, 0.1) is 0 Å². The third-order valence-electron chi connectivity index (χ3n) is 3.58. The van der Waals surface area contributed by atoms with E-state index < -0.39 is 10.0 Å². The van der Waals surface area contributed by atoms with Gasteiger partial charge in [-0.3, -0.25) is 4.79 Å². The summed E-state index contributed by atoms with van der Waals surface area (Å²) in [7, 11) is -1.93. The summed E-state index contributed by atoms with van der Waals surface area (Å²) in [5.41, 5.74) is 0.996. The van der Waals surface area contributed by atoms with E-state index in [1.54, 1.807) is 36.2 Å². The van der Waals surface area contributed by atoms with E-state index in [9.17, 15) is 13.2 Å². The minimum absolute atomic E-state index is 0.0950. The molecule has 7 heteroatoms. The molecule has 2 rings (SSSR count). The van der Waals surface area contributed by atoms with E-state index in [-0.39, 0.29) is 17.3 Å². The van der Waals surface area contributed by atoms with Gasteiger partial charge in [0.15, 0.2) is 0 Å². The average molecular weight is 331 g/mol. The molecule has 0 aliphatic carbocycles. The predicted octanol–water partition coefficient (Wildman–Crippen LogP) is 1.32. The van der Waals surface area contributed by atoms with Gasteiger partial charge in [0.05, 0.1) is 11.4 Å². The van der Waals surface area contributed by atoms with Crippen LogP contribution in [0.2, 0.25) is 0 Å². The van der Waals surface area contributed by atoms with Crippen LogP contribution in [0.25, 0.3) is 0 Å². The summed E-state index contributed by atoms with van der Waals surface area (Å²) >= 11 is 5.67. The van der Waals surface area contributed by atoms with Crippen LogP contribution < -0.4 is 0 Å². The quantitative estimate of drug-likeness (QED) is 0.782. The number of aryl methyl sites for hydroxylation is 1. The zero-order chi connectivity index (χ0) is 15.5. The highest BCUT2D eigenvalue weighted by molar-refractivity contribution is 7.89. The first kappa shape index (κ1) is 16.3. The first-order valence-corrected chi connectivity index (χ1v) is 8.81. The van der Waals surface area contributed by atoms with Crippen molar-refractivity contribution >= 4 is 27.5 Å². The third-order valence-corrected chi connectivity index (χ3v) is 5.63. The lowest BCUT2D eigenvalue weighted by molar-refractivity contribution is -0.129. The number of rotatable bonds is 4. The number of amides is 1. The van der Waals surface area contributed by atoms with Crippen LogP contribution in [0.5, 0.6) is 0 Å². The Morgan fingerprint density at radius 1 is 1.19 bits per heavy atom. The number of sulfonamides is 1. The zero-order valence-corrected chi connectivity index (χ0v) is 13.5. The van der Waals surface area contributed by atoms with Crippen LogP contribution in [0.1, 0.15) is 12.0 Å². The number of benzene rings is 1. The Bertz CT molecular complexity index is 601. The lowest BCUT2D eigenvalue weighted by atomic mass is 10.2. The molecule has 0 radical (unpaired) electrons. The lowest BCUT2D eigenvalue weighted by Crippen LogP contribution is -2.38. The number of hydrogen-bond acceptors (Lipinski definition) is 3. The van der Waals surface area contributed by atoms with Gasteiger partial charge in [0.1, 0.15) is 0 Å². The number of carbonyl (C=O) groups excluding carboxylic acids is 1. The summed E-state index contributed by atoms with van der Waals surface area (Å²) in [6, 6.07) is 6.69. The van der Waals surface area contributed by atoms with Gasteiger partial charge in [-0.15, -0.1) is 11.6 Å². The Morgan fingerprint density at radius 2 is 1.86 bits per heavy atom. The molecule has 0 bridgehead atoms. The van der Waals surface area contributed by atoms with Gasteiger partial charge in [0, 0.05) is 26.0 Å². The fourth-order valence-electron chi connectivity index (χ4n) is 2.25. The highest BCUT2D eigenvalue weighted by Gasteiger charge is 2.29. The molecule has 1 aliphatic heterocycles. The van der Waals surface area contributed by atoms with Gasteiger partial charge < -0.3 is 4.90 Å². The van der Waals surface area contributed by atoms with E-state index >= 15 is 0 Å². The van der Waals surface area contributed by atoms with E-state index in [1.807, 2.05) is 0 Å². The zero-order valence-electron chi connectivity index (χ0n) is 12.0. The Kier molecular flexibility index (Phi) is 5.24. The Balaban J connectivity index is 2.22. The molecule has 1 aliphatic rings. The molecule has 0 aromatic heterocycles. The second-order valence-electron chi connectivity index (χ2n) is 5.09. The first-order chi connectivity index (χ1) is 9.95. The van der Waals surface area contributed by atoms with Crippen LogP contribution in [-0.2, 0) is 21.2 Å². The van der Waals surface area contributed by atoms with Crippen LogP contribution in [0.3, 0.4) is 0 Å². The topological polar surface area (TPSA) is 57.7 Å². The summed E-state index contributed by atoms with van der Waals surface area (Å²) in [5.74, 6) is 0.328. The van der Waals surface area contributed by atoms with Gasteiger partial charge in [-0.1, -0.05) is 12.1 Å². The Labute approximate surface area is 130 Å². The number of likely N-dealkylation sites (N-methyl/N-ethyl adjacent to an activating group) is 1. The lowest BCUT2D eigenvalue weighted by Gasteiger charge is -2.19. The number of nitrogens with zero attached hydrogens (tertiary/aromatic N) is 2. The van der Waals surface area contributed by atoms with Crippen LogP contribution in [0.4, 0.5) is 0 Å². The van der Waals surface area contributed by atoms with Crippen molar-refractivity contribution in [1.82, 2.24) is 9.21 Å². The maximum atomic E-state index is 12.6. The van der Waals surface area contributed by atoms with Crippen molar-refractivity contribution in [1.29, 1.82) is 0 Å². The van der Waals surface area contributed by atoms with Crippen LogP contribution >= 0.6 is 11.6 Å². The number of carbonyl (C=O) groups is 1.